The molecule has 1 heterocycles. The second-order valence-electron chi connectivity index (χ2n) is 3.98. The summed E-state index contributed by atoms with van der Waals surface area (Å²) in [5, 5.41) is 1.92. The summed E-state index contributed by atoms with van der Waals surface area (Å²) in [6.07, 6.45) is -2.91. The number of alkyl halides is 3. The third kappa shape index (κ3) is 4.07. The fourth-order valence-electron chi connectivity index (χ4n) is 1.78. The van der Waals surface area contributed by atoms with Crippen LogP contribution in [0.4, 0.5) is 13.2 Å². The molecule has 88 valence electrons. The highest BCUT2D eigenvalue weighted by Crippen LogP contribution is 2.16. The zero-order chi connectivity index (χ0) is 11.5. The first-order valence-electron chi connectivity index (χ1n) is 4.93. The minimum Gasteiger partial charge on any atom is -0.348 e. The Labute approximate surface area is 86.6 Å². The zero-order valence-corrected chi connectivity index (χ0v) is 8.60. The van der Waals surface area contributed by atoms with E-state index in [1.807, 2.05) is 12.4 Å². The molecule has 1 unspecified atom stereocenters. The summed E-state index contributed by atoms with van der Waals surface area (Å²) >= 11 is 0. The standard InChI is InChI=1S/C9H15F3N2O/c1-14-4-2-3-7(6-14)5-13-8(15)9(10,11)12/h7H,2-6H2,1H3,(H,13,15). The van der Waals surface area contributed by atoms with E-state index in [0.717, 1.165) is 25.9 Å². The van der Waals surface area contributed by atoms with Gasteiger partial charge in [0.05, 0.1) is 0 Å². The van der Waals surface area contributed by atoms with Crippen LogP contribution in [0.15, 0.2) is 0 Å². The van der Waals surface area contributed by atoms with Crippen molar-refractivity contribution in [2.45, 2.75) is 19.0 Å². The van der Waals surface area contributed by atoms with E-state index >= 15 is 0 Å². The Morgan fingerprint density at radius 3 is 2.73 bits per heavy atom. The summed E-state index contributed by atoms with van der Waals surface area (Å²) in [5.74, 6) is -1.70. The van der Waals surface area contributed by atoms with Gasteiger partial charge in [-0.25, -0.2) is 0 Å². The maximum absolute atomic E-state index is 11.9. The first-order chi connectivity index (χ1) is 6.89. The largest absolute Gasteiger partial charge is 0.471 e. The van der Waals surface area contributed by atoms with Crippen LogP contribution in [-0.4, -0.2) is 43.7 Å². The fourth-order valence-corrected chi connectivity index (χ4v) is 1.78. The number of likely N-dealkylation sites (tertiary alicyclic amines) is 1. The average Bonchev–Trinajstić information content (AvgIpc) is 2.12. The predicted octanol–water partition coefficient (Wildman–Crippen LogP) is 1.01. The molecule has 15 heavy (non-hydrogen) atoms. The highest BCUT2D eigenvalue weighted by molar-refractivity contribution is 5.81. The molecule has 1 N–H and O–H groups in total. The van der Waals surface area contributed by atoms with E-state index in [1.165, 1.54) is 0 Å². The Balaban J connectivity index is 2.28. The monoisotopic (exact) mass is 224 g/mol. The first kappa shape index (κ1) is 12.3. The molecular formula is C9H15F3N2O. The van der Waals surface area contributed by atoms with Gasteiger partial charge in [-0.05, 0) is 32.4 Å². The molecule has 0 saturated carbocycles. The number of hydrogen-bond donors (Lipinski definition) is 1. The van der Waals surface area contributed by atoms with E-state index in [0.29, 0.717) is 0 Å². The second kappa shape index (κ2) is 4.83. The molecule has 0 aromatic carbocycles. The van der Waals surface area contributed by atoms with Crippen molar-refractivity contribution >= 4 is 5.91 Å². The van der Waals surface area contributed by atoms with Gasteiger partial charge in [0.15, 0.2) is 0 Å². The summed E-state index contributed by atoms with van der Waals surface area (Å²) in [7, 11) is 1.93. The molecule has 1 saturated heterocycles. The fraction of sp³-hybridized carbons (Fsp3) is 0.889. The lowest BCUT2D eigenvalue weighted by atomic mass is 9.98. The van der Waals surface area contributed by atoms with Gasteiger partial charge in [0.2, 0.25) is 0 Å². The smallest absolute Gasteiger partial charge is 0.348 e. The van der Waals surface area contributed by atoms with E-state index < -0.39 is 12.1 Å². The molecule has 1 fully saturated rings. The number of amides is 1. The number of piperidine rings is 1. The number of carbonyl (C=O) groups is 1. The van der Waals surface area contributed by atoms with Gasteiger partial charge in [-0.2, -0.15) is 13.2 Å². The van der Waals surface area contributed by atoms with Crippen molar-refractivity contribution in [2.24, 2.45) is 5.92 Å². The van der Waals surface area contributed by atoms with Crippen molar-refractivity contribution in [3.8, 4) is 0 Å². The van der Waals surface area contributed by atoms with Crippen molar-refractivity contribution in [3.05, 3.63) is 0 Å². The van der Waals surface area contributed by atoms with Crippen molar-refractivity contribution in [3.63, 3.8) is 0 Å². The van der Waals surface area contributed by atoms with E-state index in [1.54, 1.807) is 0 Å². The number of hydrogen-bond acceptors (Lipinski definition) is 2. The molecule has 0 radical (unpaired) electrons. The molecule has 0 aromatic heterocycles. The van der Waals surface area contributed by atoms with Crippen molar-refractivity contribution in [1.82, 2.24) is 10.2 Å². The van der Waals surface area contributed by atoms with Crippen molar-refractivity contribution in [1.29, 1.82) is 0 Å². The Bertz CT molecular complexity index is 230. The van der Waals surface area contributed by atoms with Crippen LogP contribution in [0, 0.1) is 5.92 Å². The molecule has 0 aromatic rings. The number of nitrogens with one attached hydrogen (secondary N) is 1. The molecule has 6 heteroatoms. The van der Waals surface area contributed by atoms with Gasteiger partial charge < -0.3 is 10.2 Å². The number of carbonyl (C=O) groups excluding carboxylic acids is 1. The summed E-state index contributed by atoms with van der Waals surface area (Å²) in [4.78, 5) is 12.6. The van der Waals surface area contributed by atoms with Crippen LogP contribution in [0.5, 0.6) is 0 Å². The topological polar surface area (TPSA) is 32.3 Å². The normalized spacial score (nSPS) is 23.9. The van der Waals surface area contributed by atoms with Crippen LogP contribution in [0.1, 0.15) is 12.8 Å². The van der Waals surface area contributed by atoms with Crippen LogP contribution in [-0.2, 0) is 4.79 Å². The second-order valence-corrected chi connectivity index (χ2v) is 3.98. The minimum atomic E-state index is -4.76. The van der Waals surface area contributed by atoms with E-state index in [4.69, 9.17) is 0 Å². The number of rotatable bonds is 2. The Morgan fingerprint density at radius 2 is 2.20 bits per heavy atom. The summed E-state index contributed by atoms with van der Waals surface area (Å²) in [6, 6.07) is 0. The molecule has 1 amide bonds. The molecule has 1 aliphatic rings. The molecule has 1 rings (SSSR count). The third-order valence-electron chi connectivity index (χ3n) is 2.53. The van der Waals surface area contributed by atoms with Crippen LogP contribution in [0.2, 0.25) is 0 Å². The minimum absolute atomic E-state index is 0.114. The molecule has 0 spiro atoms. The van der Waals surface area contributed by atoms with Gasteiger partial charge in [-0.3, -0.25) is 4.79 Å². The predicted molar refractivity (Wildman–Crippen MR) is 49.3 cm³/mol. The van der Waals surface area contributed by atoms with Crippen molar-refractivity contribution < 1.29 is 18.0 Å². The van der Waals surface area contributed by atoms with Gasteiger partial charge in [0.25, 0.3) is 0 Å². The third-order valence-corrected chi connectivity index (χ3v) is 2.53. The SMILES string of the molecule is CN1CCCC(CNC(=O)C(F)(F)F)C1. The molecule has 3 nitrogen and oxygen atoms in total. The van der Waals surface area contributed by atoms with Gasteiger partial charge in [0.1, 0.15) is 0 Å². The Morgan fingerprint density at radius 1 is 1.53 bits per heavy atom. The van der Waals surface area contributed by atoms with Gasteiger partial charge in [-0.1, -0.05) is 0 Å². The summed E-state index contributed by atoms with van der Waals surface area (Å²) in [5.41, 5.74) is 0. The molecule has 1 aliphatic heterocycles. The van der Waals surface area contributed by atoms with Gasteiger partial charge in [-0.15, -0.1) is 0 Å². The van der Waals surface area contributed by atoms with Crippen LogP contribution in [0.25, 0.3) is 0 Å². The molecular weight excluding hydrogens is 209 g/mol. The number of nitrogens with zero attached hydrogens (tertiary/aromatic N) is 1. The van der Waals surface area contributed by atoms with Gasteiger partial charge >= 0.3 is 12.1 Å². The van der Waals surface area contributed by atoms with Crippen LogP contribution < -0.4 is 5.32 Å². The lowest BCUT2D eigenvalue weighted by molar-refractivity contribution is -0.173. The van der Waals surface area contributed by atoms with Crippen LogP contribution in [0.3, 0.4) is 0 Å². The molecule has 0 bridgehead atoms. The maximum atomic E-state index is 11.9. The summed E-state index contributed by atoms with van der Waals surface area (Å²) in [6.45, 7) is 1.84. The first-order valence-corrected chi connectivity index (χ1v) is 4.93. The highest BCUT2D eigenvalue weighted by Gasteiger charge is 2.38. The molecule has 1 atom stereocenters. The number of halogens is 3. The zero-order valence-electron chi connectivity index (χ0n) is 8.60. The van der Waals surface area contributed by atoms with E-state index in [2.05, 4.69) is 4.90 Å². The molecule has 0 aliphatic carbocycles. The Kier molecular flexibility index (Phi) is 3.96. The maximum Gasteiger partial charge on any atom is 0.471 e. The lowest BCUT2D eigenvalue weighted by Gasteiger charge is -2.29. The summed E-state index contributed by atoms with van der Waals surface area (Å²) < 4.78 is 35.6. The quantitative estimate of drug-likeness (QED) is 0.759. The van der Waals surface area contributed by atoms with E-state index in [9.17, 15) is 18.0 Å². The van der Waals surface area contributed by atoms with Gasteiger partial charge in [0, 0.05) is 13.1 Å². The van der Waals surface area contributed by atoms with E-state index in [-0.39, 0.29) is 12.5 Å². The van der Waals surface area contributed by atoms with Crippen LogP contribution >= 0.6 is 0 Å². The lowest BCUT2D eigenvalue weighted by Crippen LogP contribution is -2.43. The van der Waals surface area contributed by atoms with Crippen molar-refractivity contribution in [2.75, 3.05) is 26.7 Å². The average molecular weight is 224 g/mol. The highest BCUT2D eigenvalue weighted by atomic mass is 19.4. The Hall–Kier alpha value is -0.780.